The number of hydrogen-bond donors (Lipinski definition) is 0. The van der Waals surface area contributed by atoms with Crippen LogP contribution in [0.15, 0.2) is 34.4 Å². The minimum absolute atomic E-state index is 0.0186. The van der Waals surface area contributed by atoms with Crippen LogP contribution in [0.25, 0.3) is 6.08 Å². The third-order valence-electron chi connectivity index (χ3n) is 6.75. The van der Waals surface area contributed by atoms with Crippen molar-refractivity contribution in [3.8, 4) is 5.75 Å². The van der Waals surface area contributed by atoms with E-state index in [2.05, 4.69) is 36.0 Å². The molecule has 2 aromatic rings. The van der Waals surface area contributed by atoms with Gasteiger partial charge in [-0.3, -0.25) is 0 Å². The number of rotatable bonds is 5. The number of nitrogens with zero attached hydrogens (tertiary/aromatic N) is 2. The summed E-state index contributed by atoms with van der Waals surface area (Å²) in [6.45, 7) is 8.60. The smallest absolute Gasteiger partial charge is 0.248 e. The fourth-order valence-electron chi connectivity index (χ4n) is 4.54. The molecule has 1 atom stereocenters. The van der Waals surface area contributed by atoms with Gasteiger partial charge in [-0.05, 0) is 62.6 Å². The topological polar surface area (TPSA) is 38.5 Å². The van der Waals surface area contributed by atoms with Gasteiger partial charge in [-0.25, -0.2) is 8.78 Å². The van der Waals surface area contributed by atoms with Crippen molar-refractivity contribution < 1.29 is 18.0 Å². The second-order valence-electron chi connectivity index (χ2n) is 9.20. The predicted octanol–water partition coefficient (Wildman–Crippen LogP) is 6.43. The summed E-state index contributed by atoms with van der Waals surface area (Å²) in [5.41, 5.74) is 4.60. The Morgan fingerprint density at radius 2 is 2.03 bits per heavy atom. The van der Waals surface area contributed by atoms with E-state index in [-0.39, 0.29) is 18.8 Å². The van der Waals surface area contributed by atoms with E-state index < -0.39 is 5.92 Å². The van der Waals surface area contributed by atoms with Gasteiger partial charge in [0.2, 0.25) is 11.8 Å². The van der Waals surface area contributed by atoms with Crippen molar-refractivity contribution in [3.05, 3.63) is 46.7 Å². The number of aryl methyl sites for hydroxylation is 1. The molecular weight excluding hydrogens is 398 g/mol. The van der Waals surface area contributed by atoms with Crippen molar-refractivity contribution in [1.29, 1.82) is 0 Å². The number of hydrogen-bond acceptors (Lipinski definition) is 4. The first-order valence-corrected chi connectivity index (χ1v) is 11.3. The number of piperidine rings is 1. The minimum atomic E-state index is -2.49. The molecule has 2 heterocycles. The number of benzene rings is 1. The molecule has 1 saturated carbocycles. The second-order valence-corrected chi connectivity index (χ2v) is 9.20. The summed E-state index contributed by atoms with van der Waals surface area (Å²) < 4.78 is 38.2. The highest BCUT2D eigenvalue weighted by atomic mass is 19.3. The Labute approximate surface area is 183 Å². The molecule has 0 bridgehead atoms. The Hall–Kier alpha value is -2.37. The maximum absolute atomic E-state index is 13.3. The van der Waals surface area contributed by atoms with Crippen LogP contribution in [-0.4, -0.2) is 30.8 Å². The van der Waals surface area contributed by atoms with Gasteiger partial charge in [-0.1, -0.05) is 35.9 Å². The first kappa shape index (κ1) is 21.8. The van der Waals surface area contributed by atoms with Gasteiger partial charge < -0.3 is 14.2 Å². The van der Waals surface area contributed by atoms with E-state index in [9.17, 15) is 8.78 Å². The van der Waals surface area contributed by atoms with E-state index in [1.54, 1.807) is 0 Å². The number of anilines is 1. The Bertz CT molecular complexity index is 927. The lowest BCUT2D eigenvalue weighted by atomic mass is 9.87. The van der Waals surface area contributed by atoms with Crippen molar-refractivity contribution in [2.75, 3.05) is 24.6 Å². The summed E-state index contributed by atoms with van der Waals surface area (Å²) in [5, 5.41) is 4.09. The Kier molecular flexibility index (Phi) is 6.35. The molecule has 0 amide bonds. The van der Waals surface area contributed by atoms with E-state index in [0.29, 0.717) is 25.4 Å². The molecule has 2 fully saturated rings. The van der Waals surface area contributed by atoms with Gasteiger partial charge in [-0.15, -0.1) is 0 Å². The molecule has 1 aliphatic carbocycles. The molecule has 31 heavy (non-hydrogen) atoms. The zero-order chi connectivity index (χ0) is 22.0. The first-order chi connectivity index (χ1) is 14.8. The van der Waals surface area contributed by atoms with Crippen molar-refractivity contribution in [2.24, 2.45) is 11.8 Å². The predicted molar refractivity (Wildman–Crippen MR) is 119 cm³/mol. The van der Waals surface area contributed by atoms with E-state index in [0.717, 1.165) is 48.0 Å². The van der Waals surface area contributed by atoms with Crippen molar-refractivity contribution >= 4 is 12.0 Å². The standard InChI is InChI=1S/C25H32F2N2O2/c1-17-15-29(24-18(2)19(3)28-31-24)12-9-22(17)13-21-5-4-6-23(14-21)30-16-20-7-10-25(26,27)11-8-20/h4-6,13-14,17,20H,7-12,15-16H2,1-3H3/b22-13+. The molecule has 0 spiro atoms. The number of ether oxygens (including phenoxy) is 1. The van der Waals surface area contributed by atoms with Crippen LogP contribution in [0.5, 0.6) is 5.75 Å². The maximum Gasteiger partial charge on any atom is 0.248 e. The minimum Gasteiger partial charge on any atom is -0.493 e. The van der Waals surface area contributed by atoms with Crippen LogP contribution in [0.3, 0.4) is 0 Å². The van der Waals surface area contributed by atoms with Gasteiger partial charge in [0.25, 0.3) is 0 Å². The molecule has 1 saturated heterocycles. The molecule has 1 aliphatic heterocycles. The van der Waals surface area contributed by atoms with Crippen LogP contribution in [0.4, 0.5) is 14.7 Å². The van der Waals surface area contributed by atoms with E-state index >= 15 is 0 Å². The third kappa shape index (κ3) is 5.28. The number of halogens is 2. The van der Waals surface area contributed by atoms with Crippen LogP contribution in [0.2, 0.25) is 0 Å². The van der Waals surface area contributed by atoms with E-state index in [1.807, 2.05) is 25.1 Å². The summed E-state index contributed by atoms with van der Waals surface area (Å²) in [6, 6.07) is 8.08. The summed E-state index contributed by atoms with van der Waals surface area (Å²) in [7, 11) is 0. The van der Waals surface area contributed by atoms with Crippen LogP contribution >= 0.6 is 0 Å². The summed E-state index contributed by atoms with van der Waals surface area (Å²) in [5.74, 6) is -0.162. The molecule has 1 unspecified atom stereocenters. The molecule has 2 aliphatic rings. The van der Waals surface area contributed by atoms with Gasteiger partial charge in [0.1, 0.15) is 5.75 Å². The van der Waals surface area contributed by atoms with Crippen LogP contribution in [0.1, 0.15) is 55.8 Å². The number of alkyl halides is 2. The molecule has 6 heteroatoms. The molecule has 4 nitrogen and oxygen atoms in total. The van der Waals surface area contributed by atoms with Crippen molar-refractivity contribution in [2.45, 2.75) is 58.8 Å². The van der Waals surface area contributed by atoms with E-state index in [1.165, 1.54) is 5.57 Å². The monoisotopic (exact) mass is 430 g/mol. The van der Waals surface area contributed by atoms with Gasteiger partial charge in [0.05, 0.1) is 12.3 Å². The van der Waals surface area contributed by atoms with Gasteiger partial charge >= 0.3 is 0 Å². The Morgan fingerprint density at radius 1 is 1.26 bits per heavy atom. The fraction of sp³-hybridized carbons (Fsp3) is 0.560. The highest BCUT2D eigenvalue weighted by molar-refractivity contribution is 5.57. The molecule has 4 rings (SSSR count). The van der Waals surface area contributed by atoms with Crippen LogP contribution < -0.4 is 9.64 Å². The molecule has 1 aromatic carbocycles. The Morgan fingerprint density at radius 3 is 2.71 bits per heavy atom. The normalized spacial score (nSPS) is 23.3. The Balaban J connectivity index is 1.35. The zero-order valence-electron chi connectivity index (χ0n) is 18.7. The second kappa shape index (κ2) is 9.01. The zero-order valence-corrected chi connectivity index (χ0v) is 18.7. The number of aromatic nitrogens is 1. The van der Waals surface area contributed by atoms with Crippen LogP contribution in [0, 0.1) is 25.7 Å². The average molecular weight is 431 g/mol. The first-order valence-electron chi connectivity index (χ1n) is 11.3. The van der Waals surface area contributed by atoms with Crippen molar-refractivity contribution in [1.82, 2.24) is 5.16 Å². The maximum atomic E-state index is 13.3. The summed E-state index contributed by atoms with van der Waals surface area (Å²) >= 11 is 0. The van der Waals surface area contributed by atoms with Gasteiger partial charge in [-0.2, -0.15) is 0 Å². The quantitative estimate of drug-likeness (QED) is 0.548. The largest absolute Gasteiger partial charge is 0.493 e. The van der Waals surface area contributed by atoms with Crippen LogP contribution in [-0.2, 0) is 0 Å². The molecule has 168 valence electrons. The SMILES string of the molecule is Cc1noc(N2CC/C(=C\c3cccc(OCC4CCC(F)(F)CC4)c3)C(C)C2)c1C. The lowest BCUT2D eigenvalue weighted by molar-refractivity contribution is -0.0498. The lowest BCUT2D eigenvalue weighted by Gasteiger charge is -2.33. The highest BCUT2D eigenvalue weighted by Crippen LogP contribution is 2.36. The third-order valence-corrected chi connectivity index (χ3v) is 6.75. The molecule has 0 N–H and O–H groups in total. The highest BCUT2D eigenvalue weighted by Gasteiger charge is 2.35. The lowest BCUT2D eigenvalue weighted by Crippen LogP contribution is -2.35. The van der Waals surface area contributed by atoms with Gasteiger partial charge in [0.15, 0.2) is 0 Å². The molecule has 0 radical (unpaired) electrons. The fourth-order valence-corrected chi connectivity index (χ4v) is 4.54. The summed E-state index contributed by atoms with van der Waals surface area (Å²) in [6.07, 6.45) is 4.27. The van der Waals surface area contributed by atoms with Crippen molar-refractivity contribution in [3.63, 3.8) is 0 Å². The molecule has 1 aromatic heterocycles. The molecular formula is C25H32F2N2O2. The van der Waals surface area contributed by atoms with Gasteiger partial charge in [0, 0.05) is 31.5 Å². The summed E-state index contributed by atoms with van der Waals surface area (Å²) in [4.78, 5) is 2.28. The average Bonchev–Trinajstić information content (AvgIpc) is 3.07. The van der Waals surface area contributed by atoms with E-state index in [4.69, 9.17) is 9.26 Å².